The number of hydrogen-bond donors (Lipinski definition) is 0. The number of rotatable bonds is 1. The molecule has 0 saturated heterocycles. The molecular formula is C12H5MnO6-. The molecule has 0 aromatic heterocycles. The first-order valence-electron chi connectivity index (χ1n) is 3.39. The topological polar surface area (TPSA) is 117 Å². The van der Waals surface area contributed by atoms with Gasteiger partial charge < -0.3 is 4.79 Å². The summed E-state index contributed by atoms with van der Waals surface area (Å²) in [4.78, 5) is 9.88. The summed E-state index contributed by atoms with van der Waals surface area (Å²) >= 11 is 0. The molecule has 0 saturated carbocycles. The van der Waals surface area contributed by atoms with Crippen molar-refractivity contribution >= 4 is 6.29 Å². The van der Waals surface area contributed by atoms with Crippen molar-refractivity contribution in [3.8, 4) is 0 Å². The van der Waals surface area contributed by atoms with Gasteiger partial charge in [-0.25, -0.2) is 0 Å². The predicted octanol–water partition coefficient (Wildman–Crippen LogP) is 0.954. The zero-order valence-corrected chi connectivity index (χ0v) is 10.4. The summed E-state index contributed by atoms with van der Waals surface area (Å²) in [7, 11) is 0. The van der Waals surface area contributed by atoms with E-state index in [1.165, 1.54) is 0 Å². The van der Waals surface area contributed by atoms with E-state index in [0.29, 0.717) is 5.56 Å². The van der Waals surface area contributed by atoms with E-state index in [9.17, 15) is 4.79 Å². The molecule has 1 rings (SSSR count). The predicted molar refractivity (Wildman–Crippen MR) is 50.9 cm³/mol. The van der Waals surface area contributed by atoms with Crippen molar-refractivity contribution in [2.75, 3.05) is 0 Å². The third-order valence-corrected chi connectivity index (χ3v) is 0.892. The molecule has 0 unspecified atom stereocenters. The molecule has 19 heavy (non-hydrogen) atoms. The third kappa shape index (κ3) is 48.8. The van der Waals surface area contributed by atoms with Gasteiger partial charge >= 0.3 is 56.5 Å². The van der Waals surface area contributed by atoms with Gasteiger partial charge in [0, 0.05) is 17.1 Å². The first kappa shape index (κ1) is 36.0. The smallest absolute Gasteiger partial charge is 0 e. The van der Waals surface area contributed by atoms with Crippen molar-refractivity contribution in [3.63, 3.8) is 0 Å². The minimum Gasteiger partial charge on any atom is 0 e. The molecule has 0 N–H and O–H groups in total. The molecule has 0 aliphatic rings. The number of benzene rings is 1. The zero-order chi connectivity index (χ0) is 15.8. The molecule has 0 heterocycles. The van der Waals surface area contributed by atoms with Crippen LogP contribution in [-0.4, -0.2) is 6.29 Å². The van der Waals surface area contributed by atoms with Crippen LogP contribution < -0.4 is 0 Å². The van der Waals surface area contributed by atoms with Crippen LogP contribution in [0.15, 0.2) is 30.3 Å². The van der Waals surface area contributed by atoms with Crippen LogP contribution in [0.3, 0.4) is 0 Å². The summed E-state index contributed by atoms with van der Waals surface area (Å²) in [5.74, 6) is 0. The van der Waals surface area contributed by atoms with E-state index in [1.807, 2.05) is 6.07 Å². The van der Waals surface area contributed by atoms with Crippen molar-refractivity contribution < 1.29 is 45.1 Å². The fraction of sp³-hybridized carbons (Fsp3) is 0. The number of carbonyl (C=O) groups excluding carboxylic acids is 1. The molecule has 0 fully saturated rings. The van der Waals surface area contributed by atoms with Gasteiger partial charge in [-0.2, -0.15) is 17.7 Å². The van der Waals surface area contributed by atoms with Crippen LogP contribution in [0.25, 0.3) is 0 Å². The second-order valence-electron chi connectivity index (χ2n) is 1.47. The summed E-state index contributed by atoms with van der Waals surface area (Å²) in [6, 6.07) is 8.90. The fourth-order valence-electron chi connectivity index (χ4n) is 0.506. The Morgan fingerprint density at radius 1 is 0.684 bits per heavy atom. The SMILES string of the molecule is O=[C-]c1ccccc1.[C-]#[O+].[C-]#[O+].[C-]#[O+].[C-]#[O+].[C-]#[O+].[Mn]. The van der Waals surface area contributed by atoms with Crippen LogP contribution in [0.1, 0.15) is 5.56 Å². The molecule has 1 aromatic carbocycles. The van der Waals surface area contributed by atoms with Crippen LogP contribution in [-0.2, 0) is 45.1 Å². The summed E-state index contributed by atoms with van der Waals surface area (Å²) < 4.78 is 37.5. The Balaban J connectivity index is -0.0000000332. The van der Waals surface area contributed by atoms with Crippen LogP contribution in [0.4, 0.5) is 0 Å². The Hall–Kier alpha value is -1.89. The minimum atomic E-state index is 0. The van der Waals surface area contributed by atoms with Crippen molar-refractivity contribution in [2.45, 2.75) is 0 Å². The molecule has 0 atom stereocenters. The maximum atomic E-state index is 9.88. The number of hydrogen-bond acceptors (Lipinski definition) is 1. The monoisotopic (exact) mass is 300 g/mol. The van der Waals surface area contributed by atoms with E-state index in [4.69, 9.17) is 23.3 Å². The van der Waals surface area contributed by atoms with Crippen LogP contribution in [0, 0.1) is 33.3 Å². The quantitative estimate of drug-likeness (QED) is 0.428. The Labute approximate surface area is 121 Å². The summed E-state index contributed by atoms with van der Waals surface area (Å²) in [5, 5.41) is 0. The maximum Gasteiger partial charge on any atom is 0 e. The average molecular weight is 300 g/mol. The van der Waals surface area contributed by atoms with Gasteiger partial charge in [0.2, 0.25) is 0 Å². The summed E-state index contributed by atoms with van der Waals surface area (Å²) in [5.41, 5.74) is 0.604. The van der Waals surface area contributed by atoms with Gasteiger partial charge in [0.05, 0.1) is 6.29 Å². The van der Waals surface area contributed by atoms with Crippen LogP contribution in [0.2, 0.25) is 0 Å². The van der Waals surface area contributed by atoms with Gasteiger partial charge in [-0.05, 0) is 0 Å². The van der Waals surface area contributed by atoms with E-state index < -0.39 is 0 Å². The molecule has 0 amide bonds. The third-order valence-electron chi connectivity index (χ3n) is 0.892. The zero-order valence-electron chi connectivity index (χ0n) is 9.21. The molecule has 97 valence electrons. The molecule has 7 heteroatoms. The van der Waals surface area contributed by atoms with Crippen LogP contribution >= 0.6 is 0 Å². The normalized spacial score (nSPS) is 4.11. The summed E-state index contributed by atoms with van der Waals surface area (Å²) in [6.45, 7) is 22.5. The van der Waals surface area contributed by atoms with Crippen molar-refractivity contribution in [1.82, 2.24) is 0 Å². The first-order chi connectivity index (χ1) is 8.93. The van der Waals surface area contributed by atoms with Crippen molar-refractivity contribution in [2.24, 2.45) is 0 Å². The Bertz CT molecular complexity index is 315. The van der Waals surface area contributed by atoms with Gasteiger partial charge in [0.25, 0.3) is 0 Å². The largest absolute Gasteiger partial charge is 0 e. The van der Waals surface area contributed by atoms with Gasteiger partial charge in [-0.1, -0.05) is 6.07 Å². The van der Waals surface area contributed by atoms with Crippen LogP contribution in [0.5, 0.6) is 0 Å². The standard InChI is InChI=1S/C7H5O.5CO.Mn/c8-6-7-4-2-1-3-5-7;5*1-2;/h1-5H;;;;;;/q-1;;;;;;. The average Bonchev–Trinajstić information content (AvgIpc) is 2.57. The van der Waals surface area contributed by atoms with Gasteiger partial charge in [0.1, 0.15) is 0 Å². The Morgan fingerprint density at radius 3 is 1.11 bits per heavy atom. The molecule has 0 aliphatic carbocycles. The first-order valence-corrected chi connectivity index (χ1v) is 3.39. The van der Waals surface area contributed by atoms with Gasteiger partial charge in [-0.15, -0.1) is 12.1 Å². The molecular weight excluding hydrogens is 295 g/mol. The van der Waals surface area contributed by atoms with E-state index in [1.54, 1.807) is 30.6 Å². The molecule has 0 bridgehead atoms. The van der Waals surface area contributed by atoms with Crippen molar-refractivity contribution in [3.05, 3.63) is 69.1 Å². The maximum absolute atomic E-state index is 9.88. The molecule has 1 aromatic rings. The Kier molecular flexibility index (Phi) is 138. The fourth-order valence-corrected chi connectivity index (χ4v) is 0.506. The van der Waals surface area contributed by atoms with Gasteiger partial charge in [-0.3, -0.25) is 0 Å². The Morgan fingerprint density at radius 2 is 0.947 bits per heavy atom. The van der Waals surface area contributed by atoms with Gasteiger partial charge in [0.15, 0.2) is 0 Å². The minimum absolute atomic E-state index is 0. The second kappa shape index (κ2) is 72.8. The summed E-state index contributed by atoms with van der Waals surface area (Å²) in [6.07, 6.45) is 1.78. The van der Waals surface area contributed by atoms with E-state index in [-0.39, 0.29) is 17.1 Å². The second-order valence-corrected chi connectivity index (χ2v) is 1.47. The molecule has 0 aliphatic heterocycles. The van der Waals surface area contributed by atoms with E-state index in [0.717, 1.165) is 0 Å². The molecule has 0 spiro atoms. The van der Waals surface area contributed by atoms with Crippen molar-refractivity contribution in [1.29, 1.82) is 0 Å². The molecule has 1 radical (unpaired) electrons. The molecule has 6 nitrogen and oxygen atoms in total. The van der Waals surface area contributed by atoms with E-state index >= 15 is 0 Å². The van der Waals surface area contributed by atoms with E-state index in [2.05, 4.69) is 33.3 Å².